The Labute approximate surface area is 279 Å². The zero-order valence-corrected chi connectivity index (χ0v) is 28.2. The summed E-state index contributed by atoms with van der Waals surface area (Å²) in [6.45, 7) is 4.91. The van der Waals surface area contributed by atoms with Crippen LogP contribution >= 0.6 is 34.8 Å². The summed E-state index contributed by atoms with van der Waals surface area (Å²) in [4.78, 5) is 29.6. The van der Waals surface area contributed by atoms with Crippen molar-refractivity contribution in [3.05, 3.63) is 129 Å². The van der Waals surface area contributed by atoms with E-state index in [0.717, 1.165) is 15.4 Å². The van der Waals surface area contributed by atoms with Gasteiger partial charge in [-0.3, -0.25) is 13.9 Å². The highest BCUT2D eigenvalue weighted by Crippen LogP contribution is 2.30. The third-order valence-corrected chi connectivity index (χ3v) is 9.47. The number of amides is 2. The SMILES string of the molecule is Cc1ccc(S(=O)(=O)N(CC(=O)N(Cc2ccc(Cl)cc2)C(Cc2ccccc2)C(=O)NC(C)C)c2cc(Cl)cc(Cl)c2)cc1. The average Bonchev–Trinajstić information content (AvgIpc) is 2.98. The van der Waals surface area contributed by atoms with Gasteiger partial charge in [-0.05, 0) is 74.4 Å². The first-order valence-corrected chi connectivity index (χ1v) is 16.8. The fraction of sp³-hybridized carbons (Fsp3) is 0.235. The molecule has 236 valence electrons. The third kappa shape index (κ3) is 9.23. The molecule has 0 spiro atoms. The highest BCUT2D eigenvalue weighted by atomic mass is 35.5. The largest absolute Gasteiger partial charge is 0.352 e. The number of hydrogen-bond acceptors (Lipinski definition) is 4. The van der Waals surface area contributed by atoms with Crippen molar-refractivity contribution in [2.24, 2.45) is 0 Å². The Morgan fingerprint density at radius 2 is 1.38 bits per heavy atom. The van der Waals surface area contributed by atoms with Crippen LogP contribution in [0.25, 0.3) is 0 Å². The van der Waals surface area contributed by atoms with Gasteiger partial charge in [0.15, 0.2) is 0 Å². The topological polar surface area (TPSA) is 86.8 Å². The van der Waals surface area contributed by atoms with E-state index >= 15 is 0 Å². The zero-order chi connectivity index (χ0) is 32.7. The lowest BCUT2D eigenvalue weighted by Crippen LogP contribution is -2.54. The Balaban J connectivity index is 1.82. The Bertz CT molecular complexity index is 1710. The highest BCUT2D eigenvalue weighted by molar-refractivity contribution is 7.92. The molecule has 0 heterocycles. The van der Waals surface area contributed by atoms with Gasteiger partial charge in [-0.2, -0.15) is 0 Å². The molecule has 0 aromatic heterocycles. The van der Waals surface area contributed by atoms with Gasteiger partial charge in [0.2, 0.25) is 11.8 Å². The van der Waals surface area contributed by atoms with Crippen LogP contribution in [0.15, 0.2) is 102 Å². The van der Waals surface area contributed by atoms with Crippen LogP contribution in [-0.4, -0.2) is 43.8 Å². The van der Waals surface area contributed by atoms with Crippen LogP contribution in [0.5, 0.6) is 0 Å². The van der Waals surface area contributed by atoms with Gasteiger partial charge in [0, 0.05) is 34.1 Å². The van der Waals surface area contributed by atoms with Crippen molar-refractivity contribution in [1.29, 1.82) is 0 Å². The molecule has 0 aliphatic carbocycles. The van der Waals surface area contributed by atoms with E-state index in [1.807, 2.05) is 51.1 Å². The molecular formula is C34H34Cl3N3O4S. The number of nitrogens with one attached hydrogen (secondary N) is 1. The Morgan fingerprint density at radius 3 is 1.96 bits per heavy atom. The summed E-state index contributed by atoms with van der Waals surface area (Å²) >= 11 is 18.7. The van der Waals surface area contributed by atoms with Crippen LogP contribution in [-0.2, 0) is 32.6 Å². The lowest BCUT2D eigenvalue weighted by molar-refractivity contribution is -0.140. The smallest absolute Gasteiger partial charge is 0.264 e. The van der Waals surface area contributed by atoms with E-state index in [4.69, 9.17) is 34.8 Å². The summed E-state index contributed by atoms with van der Waals surface area (Å²) in [5.41, 5.74) is 2.53. The number of aryl methyl sites for hydroxylation is 1. The molecule has 0 radical (unpaired) electrons. The van der Waals surface area contributed by atoms with Crippen molar-refractivity contribution in [2.45, 2.75) is 50.7 Å². The van der Waals surface area contributed by atoms with E-state index in [9.17, 15) is 18.0 Å². The number of sulfonamides is 1. The molecule has 0 saturated carbocycles. The van der Waals surface area contributed by atoms with E-state index in [1.54, 1.807) is 36.4 Å². The second-order valence-electron chi connectivity index (χ2n) is 11.0. The fourth-order valence-electron chi connectivity index (χ4n) is 4.77. The maximum Gasteiger partial charge on any atom is 0.264 e. The van der Waals surface area contributed by atoms with Gasteiger partial charge >= 0.3 is 0 Å². The van der Waals surface area contributed by atoms with Crippen LogP contribution < -0.4 is 9.62 Å². The first-order chi connectivity index (χ1) is 21.3. The molecule has 0 aliphatic heterocycles. The summed E-state index contributed by atoms with van der Waals surface area (Å²) in [7, 11) is -4.28. The third-order valence-electron chi connectivity index (χ3n) is 6.99. The fourth-order valence-corrected chi connectivity index (χ4v) is 6.81. The first-order valence-electron chi connectivity index (χ1n) is 14.3. The number of anilines is 1. The van der Waals surface area contributed by atoms with Crippen molar-refractivity contribution < 1.29 is 18.0 Å². The molecule has 7 nitrogen and oxygen atoms in total. The second-order valence-corrected chi connectivity index (χ2v) is 14.1. The van der Waals surface area contributed by atoms with E-state index < -0.39 is 28.5 Å². The van der Waals surface area contributed by atoms with Gasteiger partial charge < -0.3 is 10.2 Å². The number of rotatable bonds is 12. The quantitative estimate of drug-likeness (QED) is 0.169. The molecule has 0 fully saturated rings. The minimum atomic E-state index is -4.28. The van der Waals surface area contributed by atoms with Gasteiger partial charge in [0.1, 0.15) is 12.6 Å². The number of carbonyl (C=O) groups is 2. The van der Waals surface area contributed by atoms with Crippen molar-refractivity contribution in [2.75, 3.05) is 10.8 Å². The first kappa shape index (κ1) is 34.3. The Kier molecular flexibility index (Phi) is 11.6. The van der Waals surface area contributed by atoms with Crippen LogP contribution in [0.3, 0.4) is 0 Å². The van der Waals surface area contributed by atoms with Crippen LogP contribution in [0.1, 0.15) is 30.5 Å². The Hall–Kier alpha value is -3.56. The zero-order valence-electron chi connectivity index (χ0n) is 25.1. The normalized spacial score (nSPS) is 12.1. The molecule has 4 rings (SSSR count). The van der Waals surface area contributed by atoms with E-state index in [2.05, 4.69) is 5.32 Å². The van der Waals surface area contributed by atoms with Gasteiger partial charge in [-0.15, -0.1) is 0 Å². The Morgan fingerprint density at radius 1 is 0.778 bits per heavy atom. The highest BCUT2D eigenvalue weighted by Gasteiger charge is 2.35. The predicted octanol–water partition coefficient (Wildman–Crippen LogP) is 7.32. The van der Waals surface area contributed by atoms with Crippen molar-refractivity contribution in [1.82, 2.24) is 10.2 Å². The number of hydrogen-bond donors (Lipinski definition) is 1. The molecule has 0 aliphatic rings. The molecular weight excluding hydrogens is 653 g/mol. The minimum Gasteiger partial charge on any atom is -0.352 e. The lowest BCUT2D eigenvalue weighted by Gasteiger charge is -2.34. The van der Waals surface area contributed by atoms with E-state index in [-0.39, 0.29) is 45.5 Å². The van der Waals surface area contributed by atoms with E-state index in [1.165, 1.54) is 35.2 Å². The molecule has 11 heteroatoms. The number of nitrogens with zero attached hydrogens (tertiary/aromatic N) is 2. The monoisotopic (exact) mass is 685 g/mol. The predicted molar refractivity (Wildman–Crippen MR) is 181 cm³/mol. The van der Waals surface area contributed by atoms with Crippen LogP contribution in [0, 0.1) is 6.92 Å². The molecule has 4 aromatic carbocycles. The standard InChI is InChI=1S/C34H34Cl3N3O4S/c1-23(2)38-34(42)32(17-25-7-5-4-6-8-25)39(21-26-11-13-27(35)14-12-26)33(41)22-40(30-19-28(36)18-29(37)20-30)45(43,44)31-15-9-24(3)10-16-31/h4-16,18-20,23,32H,17,21-22H2,1-3H3,(H,38,42). The van der Waals surface area contributed by atoms with Crippen LogP contribution in [0.4, 0.5) is 5.69 Å². The minimum absolute atomic E-state index is 0.0142. The van der Waals surface area contributed by atoms with Gasteiger partial charge in [0.25, 0.3) is 10.0 Å². The maximum atomic E-state index is 14.5. The number of carbonyl (C=O) groups excluding carboxylic acids is 2. The summed E-state index contributed by atoms with van der Waals surface area (Å²) in [5.74, 6) is -0.966. The average molecular weight is 687 g/mol. The number of benzene rings is 4. The lowest BCUT2D eigenvalue weighted by atomic mass is 10.0. The number of halogens is 3. The molecule has 45 heavy (non-hydrogen) atoms. The van der Waals surface area contributed by atoms with Crippen molar-refractivity contribution in [3.63, 3.8) is 0 Å². The molecule has 0 saturated heterocycles. The summed E-state index contributed by atoms with van der Waals surface area (Å²) in [6.07, 6.45) is 0.201. The van der Waals surface area contributed by atoms with Gasteiger partial charge in [-0.25, -0.2) is 8.42 Å². The summed E-state index contributed by atoms with van der Waals surface area (Å²) in [5, 5.41) is 3.85. The van der Waals surface area contributed by atoms with Crippen LogP contribution in [0.2, 0.25) is 15.1 Å². The maximum absolute atomic E-state index is 14.5. The molecule has 0 bridgehead atoms. The molecule has 2 amide bonds. The molecule has 4 aromatic rings. The molecule has 1 unspecified atom stereocenters. The van der Waals surface area contributed by atoms with E-state index in [0.29, 0.717) is 10.6 Å². The second kappa shape index (κ2) is 15.1. The van der Waals surface area contributed by atoms with Gasteiger partial charge in [-0.1, -0.05) is 95.0 Å². The summed E-state index contributed by atoms with van der Waals surface area (Å²) < 4.78 is 29.3. The molecule has 1 atom stereocenters. The molecule has 1 N–H and O–H groups in total. The van der Waals surface area contributed by atoms with Crippen molar-refractivity contribution in [3.8, 4) is 0 Å². The van der Waals surface area contributed by atoms with Gasteiger partial charge in [0.05, 0.1) is 10.6 Å². The summed E-state index contributed by atoms with van der Waals surface area (Å²) in [6, 6.07) is 25.8. The van der Waals surface area contributed by atoms with Crippen molar-refractivity contribution >= 4 is 62.3 Å².